The van der Waals surface area contributed by atoms with Crippen LogP contribution in [0.3, 0.4) is 0 Å². The van der Waals surface area contributed by atoms with Crippen LogP contribution in [0, 0.1) is 12.8 Å². The Kier molecular flexibility index (Phi) is 5.35. The van der Waals surface area contributed by atoms with Gasteiger partial charge in [0.2, 0.25) is 11.8 Å². The number of rotatable bonds is 3. The first kappa shape index (κ1) is 22.8. The van der Waals surface area contributed by atoms with E-state index >= 15 is 0 Å². The SMILES string of the molecule is Cc1cccc2c1C1(CCN(C(=O)c3ccc4[nH]ncc4c3)CC1)C(=O)N2CC(=O)N1CCC(C)C1. The van der Waals surface area contributed by atoms with Crippen LogP contribution in [0.25, 0.3) is 10.9 Å². The lowest BCUT2D eigenvalue weighted by atomic mass is 9.72. The van der Waals surface area contributed by atoms with Gasteiger partial charge in [0.1, 0.15) is 6.54 Å². The standard InChI is InChI=1S/C28H31N5O3/c1-18-8-11-32(16-18)24(34)17-33-23-5-3-4-19(2)25(23)28(27(33)36)9-12-31(13-10-28)26(35)20-6-7-22-21(14-20)15-29-30-22/h3-7,14-15,18H,8-13,16-17H2,1-2H3,(H,29,30). The van der Waals surface area contributed by atoms with Crippen LogP contribution in [0.2, 0.25) is 0 Å². The summed E-state index contributed by atoms with van der Waals surface area (Å²) in [6, 6.07) is 11.5. The number of fused-ring (bicyclic) bond motifs is 3. The largest absolute Gasteiger partial charge is 0.341 e. The second kappa shape index (κ2) is 8.47. The van der Waals surface area contributed by atoms with Crippen LogP contribution in [-0.2, 0) is 15.0 Å². The summed E-state index contributed by atoms with van der Waals surface area (Å²) >= 11 is 0. The fraction of sp³-hybridized carbons (Fsp3) is 0.429. The van der Waals surface area contributed by atoms with Crippen molar-refractivity contribution in [2.75, 3.05) is 37.6 Å². The van der Waals surface area contributed by atoms with E-state index in [1.807, 2.05) is 53.1 Å². The van der Waals surface area contributed by atoms with E-state index in [0.717, 1.165) is 47.2 Å². The molecule has 1 atom stereocenters. The second-order valence-electron chi connectivity index (χ2n) is 10.6. The highest BCUT2D eigenvalue weighted by Gasteiger charge is 2.53. The van der Waals surface area contributed by atoms with Crippen molar-refractivity contribution < 1.29 is 14.4 Å². The van der Waals surface area contributed by atoms with Crippen LogP contribution in [0.4, 0.5) is 5.69 Å². The minimum Gasteiger partial charge on any atom is -0.341 e. The van der Waals surface area contributed by atoms with Crippen LogP contribution < -0.4 is 4.90 Å². The van der Waals surface area contributed by atoms with Gasteiger partial charge in [0.25, 0.3) is 5.91 Å². The highest BCUT2D eigenvalue weighted by Crippen LogP contribution is 2.49. The fourth-order valence-electron chi connectivity index (χ4n) is 6.34. The summed E-state index contributed by atoms with van der Waals surface area (Å²) in [4.78, 5) is 45.8. The Morgan fingerprint density at radius 2 is 1.92 bits per heavy atom. The molecule has 0 bridgehead atoms. The Bertz CT molecular complexity index is 1370. The molecule has 2 fully saturated rings. The van der Waals surface area contributed by atoms with Crippen molar-refractivity contribution in [1.82, 2.24) is 20.0 Å². The van der Waals surface area contributed by atoms with Gasteiger partial charge in [0.15, 0.2) is 0 Å². The summed E-state index contributed by atoms with van der Waals surface area (Å²) in [7, 11) is 0. The molecule has 1 unspecified atom stereocenters. The van der Waals surface area contributed by atoms with Crippen LogP contribution in [-0.4, -0.2) is 70.4 Å². The first-order chi connectivity index (χ1) is 17.4. The number of benzene rings is 2. The molecule has 3 aliphatic heterocycles. The molecule has 3 aromatic rings. The van der Waals surface area contributed by atoms with E-state index in [9.17, 15) is 14.4 Å². The molecule has 3 aliphatic rings. The number of H-pyrrole nitrogens is 1. The zero-order chi connectivity index (χ0) is 25.0. The van der Waals surface area contributed by atoms with Gasteiger partial charge in [-0.3, -0.25) is 19.5 Å². The van der Waals surface area contributed by atoms with E-state index in [4.69, 9.17) is 0 Å². The number of anilines is 1. The number of likely N-dealkylation sites (tertiary alicyclic amines) is 2. The van der Waals surface area contributed by atoms with Crippen LogP contribution in [0.5, 0.6) is 0 Å². The first-order valence-corrected chi connectivity index (χ1v) is 12.8. The lowest BCUT2D eigenvalue weighted by Gasteiger charge is -2.39. The maximum absolute atomic E-state index is 14.0. The van der Waals surface area contributed by atoms with Gasteiger partial charge in [0, 0.05) is 42.8 Å². The molecule has 2 saturated heterocycles. The van der Waals surface area contributed by atoms with Crippen LogP contribution in [0.1, 0.15) is 47.7 Å². The average molecular weight is 486 g/mol. The Morgan fingerprint density at radius 1 is 1.11 bits per heavy atom. The molecular formula is C28H31N5O3. The average Bonchev–Trinajstić information content (AvgIpc) is 3.59. The number of carbonyl (C=O) groups is 3. The summed E-state index contributed by atoms with van der Waals surface area (Å²) in [5.74, 6) is 0.484. The quantitative estimate of drug-likeness (QED) is 0.617. The van der Waals surface area contributed by atoms with Crippen molar-refractivity contribution >= 4 is 34.3 Å². The Labute approximate surface area is 210 Å². The van der Waals surface area contributed by atoms with E-state index in [2.05, 4.69) is 17.1 Å². The number of hydrogen-bond acceptors (Lipinski definition) is 4. The molecule has 0 radical (unpaired) electrons. The van der Waals surface area contributed by atoms with Gasteiger partial charge in [-0.1, -0.05) is 19.1 Å². The summed E-state index contributed by atoms with van der Waals surface area (Å²) < 4.78 is 0. The number of aromatic amines is 1. The number of aryl methyl sites for hydroxylation is 1. The maximum atomic E-state index is 14.0. The lowest BCUT2D eigenvalue weighted by molar-refractivity contribution is -0.131. The molecule has 8 heteroatoms. The highest BCUT2D eigenvalue weighted by molar-refractivity contribution is 6.11. The van der Waals surface area contributed by atoms with Crippen LogP contribution >= 0.6 is 0 Å². The maximum Gasteiger partial charge on any atom is 0.253 e. The van der Waals surface area contributed by atoms with E-state index < -0.39 is 5.41 Å². The van der Waals surface area contributed by atoms with Crippen molar-refractivity contribution in [3.63, 3.8) is 0 Å². The zero-order valence-electron chi connectivity index (χ0n) is 20.8. The number of amides is 3. The molecule has 186 valence electrons. The predicted molar refractivity (Wildman–Crippen MR) is 137 cm³/mol. The molecule has 1 spiro atoms. The Balaban J connectivity index is 1.24. The third-order valence-corrected chi connectivity index (χ3v) is 8.34. The predicted octanol–water partition coefficient (Wildman–Crippen LogP) is 3.26. The summed E-state index contributed by atoms with van der Waals surface area (Å²) in [5, 5.41) is 7.85. The number of carbonyl (C=O) groups excluding carboxylic acids is 3. The monoisotopic (exact) mass is 485 g/mol. The molecule has 4 heterocycles. The molecule has 0 aliphatic carbocycles. The summed E-state index contributed by atoms with van der Waals surface area (Å²) in [6.45, 7) is 6.78. The van der Waals surface area contributed by atoms with E-state index in [0.29, 0.717) is 37.4 Å². The van der Waals surface area contributed by atoms with Gasteiger partial charge < -0.3 is 14.7 Å². The summed E-state index contributed by atoms with van der Waals surface area (Å²) in [6.07, 6.45) is 3.83. The molecule has 2 aromatic carbocycles. The van der Waals surface area contributed by atoms with Gasteiger partial charge in [-0.2, -0.15) is 5.10 Å². The molecular weight excluding hydrogens is 454 g/mol. The van der Waals surface area contributed by atoms with Crippen molar-refractivity contribution in [2.24, 2.45) is 5.92 Å². The van der Waals surface area contributed by atoms with E-state index in [1.54, 1.807) is 11.1 Å². The van der Waals surface area contributed by atoms with Gasteiger partial charge in [-0.15, -0.1) is 0 Å². The van der Waals surface area contributed by atoms with E-state index in [-0.39, 0.29) is 24.3 Å². The van der Waals surface area contributed by atoms with Crippen molar-refractivity contribution in [3.8, 4) is 0 Å². The Morgan fingerprint density at radius 3 is 2.67 bits per heavy atom. The van der Waals surface area contributed by atoms with Gasteiger partial charge >= 0.3 is 0 Å². The van der Waals surface area contributed by atoms with Gasteiger partial charge in [-0.05, 0) is 67.5 Å². The molecule has 0 saturated carbocycles. The number of aromatic nitrogens is 2. The minimum atomic E-state index is -0.690. The van der Waals surface area contributed by atoms with Crippen LogP contribution in [0.15, 0.2) is 42.6 Å². The third kappa shape index (κ3) is 3.50. The van der Waals surface area contributed by atoms with E-state index in [1.165, 1.54) is 0 Å². The lowest BCUT2D eigenvalue weighted by Crippen LogP contribution is -2.51. The second-order valence-corrected chi connectivity index (χ2v) is 10.6. The Hall–Kier alpha value is -3.68. The smallest absolute Gasteiger partial charge is 0.253 e. The molecule has 3 amide bonds. The van der Waals surface area contributed by atoms with Crippen molar-refractivity contribution in [1.29, 1.82) is 0 Å². The molecule has 6 rings (SSSR count). The normalized spacial score (nSPS) is 21.0. The number of hydrogen-bond donors (Lipinski definition) is 1. The fourth-order valence-corrected chi connectivity index (χ4v) is 6.34. The molecule has 8 nitrogen and oxygen atoms in total. The third-order valence-electron chi connectivity index (χ3n) is 8.34. The van der Waals surface area contributed by atoms with Crippen molar-refractivity contribution in [2.45, 2.75) is 38.5 Å². The number of piperidine rings is 1. The number of nitrogens with one attached hydrogen (secondary N) is 1. The molecule has 1 aromatic heterocycles. The zero-order valence-corrected chi connectivity index (χ0v) is 20.8. The van der Waals surface area contributed by atoms with Gasteiger partial charge in [0.05, 0.1) is 17.1 Å². The molecule has 36 heavy (non-hydrogen) atoms. The highest BCUT2D eigenvalue weighted by atomic mass is 16.2. The number of nitrogens with zero attached hydrogens (tertiary/aromatic N) is 4. The summed E-state index contributed by atoms with van der Waals surface area (Å²) in [5.41, 5.74) is 3.78. The van der Waals surface area contributed by atoms with Crippen molar-refractivity contribution in [3.05, 3.63) is 59.3 Å². The minimum absolute atomic E-state index is 0.000638. The topological polar surface area (TPSA) is 89.6 Å². The molecule has 1 N–H and O–H groups in total. The van der Waals surface area contributed by atoms with Gasteiger partial charge in [-0.25, -0.2) is 0 Å². The first-order valence-electron chi connectivity index (χ1n) is 12.8.